The van der Waals surface area contributed by atoms with Gasteiger partial charge in [0.25, 0.3) is 0 Å². The van der Waals surface area contributed by atoms with Crippen molar-refractivity contribution in [1.29, 1.82) is 0 Å². The van der Waals surface area contributed by atoms with E-state index < -0.39 is 0 Å². The van der Waals surface area contributed by atoms with Gasteiger partial charge in [0, 0.05) is 19.7 Å². The van der Waals surface area contributed by atoms with Crippen molar-refractivity contribution in [2.24, 2.45) is 5.41 Å². The SMILES string of the molecule is CC(C)(C)CN(O)CCCCO. The van der Waals surface area contributed by atoms with Gasteiger partial charge in [0.05, 0.1) is 0 Å². The molecule has 0 unspecified atom stereocenters. The molecule has 0 atom stereocenters. The zero-order valence-corrected chi connectivity index (χ0v) is 8.38. The van der Waals surface area contributed by atoms with Crippen molar-refractivity contribution < 1.29 is 10.3 Å². The van der Waals surface area contributed by atoms with Crippen LogP contribution >= 0.6 is 0 Å². The molecule has 0 aromatic carbocycles. The summed E-state index contributed by atoms with van der Waals surface area (Å²) in [5, 5.41) is 19.2. The molecule has 0 bridgehead atoms. The smallest absolute Gasteiger partial charge is 0.0431 e. The number of unbranched alkanes of at least 4 members (excludes halogenated alkanes) is 1. The predicted molar refractivity (Wildman–Crippen MR) is 49.1 cm³/mol. The number of hydrogen-bond acceptors (Lipinski definition) is 3. The topological polar surface area (TPSA) is 43.7 Å². The second-order valence-electron chi connectivity index (χ2n) is 4.38. The molecule has 0 aromatic heterocycles. The minimum absolute atomic E-state index is 0.133. The number of aliphatic hydroxyl groups excluding tert-OH is 1. The third kappa shape index (κ3) is 7.98. The van der Waals surface area contributed by atoms with Gasteiger partial charge in [-0.25, -0.2) is 0 Å². The standard InChI is InChI=1S/C9H21NO2/c1-9(2,3)8-10(12)6-4-5-7-11/h11-12H,4-8H2,1-3H3. The molecule has 0 aliphatic rings. The summed E-state index contributed by atoms with van der Waals surface area (Å²) in [6.07, 6.45) is 1.62. The van der Waals surface area contributed by atoms with E-state index in [1.54, 1.807) is 0 Å². The van der Waals surface area contributed by atoms with Gasteiger partial charge in [0.15, 0.2) is 0 Å². The van der Waals surface area contributed by atoms with Crippen LogP contribution < -0.4 is 0 Å². The molecule has 3 heteroatoms. The fourth-order valence-electron chi connectivity index (χ4n) is 1.03. The number of hydrogen-bond donors (Lipinski definition) is 2. The van der Waals surface area contributed by atoms with Gasteiger partial charge in [0.2, 0.25) is 0 Å². The molecular formula is C9H21NO2. The lowest BCUT2D eigenvalue weighted by atomic mass is 9.97. The van der Waals surface area contributed by atoms with Gasteiger partial charge in [-0.3, -0.25) is 0 Å². The van der Waals surface area contributed by atoms with Crippen LogP contribution in [0.5, 0.6) is 0 Å². The maximum Gasteiger partial charge on any atom is 0.0431 e. The highest BCUT2D eigenvalue weighted by molar-refractivity contribution is 4.63. The van der Waals surface area contributed by atoms with E-state index in [9.17, 15) is 5.21 Å². The minimum Gasteiger partial charge on any atom is -0.396 e. The highest BCUT2D eigenvalue weighted by Gasteiger charge is 2.13. The molecule has 0 fully saturated rings. The summed E-state index contributed by atoms with van der Waals surface area (Å²) in [4.78, 5) is 0. The molecule has 74 valence electrons. The van der Waals surface area contributed by atoms with Gasteiger partial charge in [-0.1, -0.05) is 20.8 Å². The molecule has 0 amide bonds. The Morgan fingerprint density at radius 3 is 2.17 bits per heavy atom. The van der Waals surface area contributed by atoms with Crippen molar-refractivity contribution in [3.05, 3.63) is 0 Å². The number of hydroxylamine groups is 2. The predicted octanol–water partition coefficient (Wildman–Crippen LogP) is 1.50. The first-order valence-corrected chi connectivity index (χ1v) is 4.50. The van der Waals surface area contributed by atoms with Crippen molar-refractivity contribution >= 4 is 0 Å². The van der Waals surface area contributed by atoms with Crippen molar-refractivity contribution in [1.82, 2.24) is 5.06 Å². The highest BCUT2D eigenvalue weighted by Crippen LogP contribution is 2.13. The summed E-state index contributed by atoms with van der Waals surface area (Å²) in [5.74, 6) is 0. The first kappa shape index (κ1) is 11.9. The van der Waals surface area contributed by atoms with E-state index in [2.05, 4.69) is 20.8 Å². The highest BCUT2D eigenvalue weighted by atomic mass is 16.5. The Morgan fingerprint density at radius 2 is 1.75 bits per heavy atom. The van der Waals surface area contributed by atoms with E-state index in [1.807, 2.05) is 0 Å². The van der Waals surface area contributed by atoms with Crippen LogP contribution in [0.1, 0.15) is 33.6 Å². The fourth-order valence-corrected chi connectivity index (χ4v) is 1.03. The lowest BCUT2D eigenvalue weighted by molar-refractivity contribution is -0.111. The number of aliphatic hydroxyl groups is 1. The molecular weight excluding hydrogens is 154 g/mol. The van der Waals surface area contributed by atoms with Crippen LogP contribution in [-0.4, -0.2) is 35.1 Å². The second-order valence-corrected chi connectivity index (χ2v) is 4.38. The first-order chi connectivity index (χ1) is 5.45. The molecule has 0 rings (SSSR count). The van der Waals surface area contributed by atoms with Crippen LogP contribution in [0.15, 0.2) is 0 Å². The second kappa shape index (κ2) is 5.51. The monoisotopic (exact) mass is 175 g/mol. The van der Waals surface area contributed by atoms with Gasteiger partial charge < -0.3 is 10.3 Å². The van der Waals surface area contributed by atoms with E-state index in [-0.39, 0.29) is 12.0 Å². The Kier molecular flexibility index (Phi) is 5.46. The van der Waals surface area contributed by atoms with E-state index in [0.29, 0.717) is 13.1 Å². The molecule has 0 heterocycles. The molecule has 0 saturated carbocycles. The molecule has 0 spiro atoms. The molecule has 0 aliphatic heterocycles. The molecule has 0 aromatic rings. The summed E-state index contributed by atoms with van der Waals surface area (Å²) in [5.41, 5.74) is 0.133. The van der Waals surface area contributed by atoms with E-state index in [4.69, 9.17) is 5.11 Å². The molecule has 12 heavy (non-hydrogen) atoms. The van der Waals surface area contributed by atoms with Crippen LogP contribution in [0.2, 0.25) is 0 Å². The molecule has 0 radical (unpaired) electrons. The number of nitrogens with zero attached hydrogens (tertiary/aromatic N) is 1. The van der Waals surface area contributed by atoms with Gasteiger partial charge in [-0.15, -0.1) is 0 Å². The Bertz CT molecular complexity index is 110. The third-order valence-electron chi connectivity index (χ3n) is 1.48. The average molecular weight is 175 g/mol. The van der Waals surface area contributed by atoms with Crippen molar-refractivity contribution in [3.8, 4) is 0 Å². The van der Waals surface area contributed by atoms with E-state index >= 15 is 0 Å². The minimum atomic E-state index is 0.133. The molecule has 0 aliphatic carbocycles. The largest absolute Gasteiger partial charge is 0.396 e. The maximum absolute atomic E-state index is 9.36. The van der Waals surface area contributed by atoms with Crippen molar-refractivity contribution in [2.75, 3.05) is 19.7 Å². The van der Waals surface area contributed by atoms with Crippen molar-refractivity contribution in [3.63, 3.8) is 0 Å². The maximum atomic E-state index is 9.36. The van der Waals surface area contributed by atoms with Crippen LogP contribution in [0.25, 0.3) is 0 Å². The Balaban J connectivity index is 3.40. The zero-order chi connectivity index (χ0) is 9.61. The first-order valence-electron chi connectivity index (χ1n) is 4.50. The summed E-state index contributed by atoms with van der Waals surface area (Å²) in [7, 11) is 0. The lowest BCUT2D eigenvalue weighted by Crippen LogP contribution is -2.30. The average Bonchev–Trinajstić information content (AvgIpc) is 1.84. The van der Waals surface area contributed by atoms with Gasteiger partial charge in [0.1, 0.15) is 0 Å². The molecule has 0 saturated heterocycles. The number of rotatable bonds is 5. The Hall–Kier alpha value is -0.120. The van der Waals surface area contributed by atoms with Gasteiger partial charge in [-0.2, -0.15) is 5.06 Å². The Morgan fingerprint density at radius 1 is 1.17 bits per heavy atom. The lowest BCUT2D eigenvalue weighted by Gasteiger charge is -2.24. The normalized spacial score (nSPS) is 12.5. The van der Waals surface area contributed by atoms with E-state index in [0.717, 1.165) is 12.8 Å². The molecule has 2 N–H and O–H groups in total. The zero-order valence-electron chi connectivity index (χ0n) is 8.38. The van der Waals surface area contributed by atoms with Gasteiger partial charge >= 0.3 is 0 Å². The van der Waals surface area contributed by atoms with Gasteiger partial charge in [-0.05, 0) is 18.3 Å². The quantitative estimate of drug-likeness (QED) is 0.491. The summed E-state index contributed by atoms with van der Waals surface area (Å²) < 4.78 is 0. The summed E-state index contributed by atoms with van der Waals surface area (Å²) in [6, 6.07) is 0. The summed E-state index contributed by atoms with van der Waals surface area (Å²) >= 11 is 0. The van der Waals surface area contributed by atoms with E-state index in [1.165, 1.54) is 5.06 Å². The van der Waals surface area contributed by atoms with Crippen LogP contribution in [0.3, 0.4) is 0 Å². The van der Waals surface area contributed by atoms with Crippen LogP contribution in [0, 0.1) is 5.41 Å². The van der Waals surface area contributed by atoms with Crippen LogP contribution in [0.4, 0.5) is 0 Å². The van der Waals surface area contributed by atoms with Crippen molar-refractivity contribution in [2.45, 2.75) is 33.6 Å². The molecule has 3 nitrogen and oxygen atoms in total. The summed E-state index contributed by atoms with van der Waals surface area (Å²) in [6.45, 7) is 7.80. The third-order valence-corrected chi connectivity index (χ3v) is 1.48. The Labute approximate surface area is 75.0 Å². The fraction of sp³-hybridized carbons (Fsp3) is 1.00. The van der Waals surface area contributed by atoms with Crippen LogP contribution in [-0.2, 0) is 0 Å².